The fourth-order valence-corrected chi connectivity index (χ4v) is 6.69. The lowest BCUT2D eigenvalue weighted by Gasteiger charge is -2.37. The second-order valence-electron chi connectivity index (χ2n) is 13.2. The predicted molar refractivity (Wildman–Crippen MR) is 188 cm³/mol. The Balaban J connectivity index is 1.67. The van der Waals surface area contributed by atoms with Crippen LogP contribution >= 0.6 is 23.2 Å². The summed E-state index contributed by atoms with van der Waals surface area (Å²) in [6, 6.07) is 12.7. The molecule has 10 nitrogen and oxygen atoms in total. The number of benzene rings is 3. The van der Waals surface area contributed by atoms with E-state index in [9.17, 15) is 14.9 Å². The number of esters is 1. The number of halogens is 4. The van der Waals surface area contributed by atoms with Crippen molar-refractivity contribution < 1.29 is 42.4 Å². The van der Waals surface area contributed by atoms with Gasteiger partial charge in [0.1, 0.15) is 29.4 Å². The summed E-state index contributed by atoms with van der Waals surface area (Å²) in [5.74, 6) is -4.09. The van der Waals surface area contributed by atoms with Crippen LogP contribution in [-0.2, 0) is 24.4 Å². The van der Waals surface area contributed by atoms with Crippen molar-refractivity contribution in [1.29, 1.82) is 5.26 Å². The van der Waals surface area contributed by atoms with E-state index in [1.54, 1.807) is 0 Å². The van der Waals surface area contributed by atoms with E-state index in [0.29, 0.717) is 6.42 Å². The number of amides is 1. The third kappa shape index (κ3) is 9.35. The number of anilines is 1. The molecule has 4 rings (SSSR count). The molecular weight excluding hydrogens is 707 g/mol. The van der Waals surface area contributed by atoms with Crippen LogP contribution < -0.4 is 15.4 Å². The number of aliphatic hydroxyl groups excluding tert-OH is 1. The zero-order valence-electron chi connectivity index (χ0n) is 28.7. The van der Waals surface area contributed by atoms with E-state index in [1.807, 2.05) is 20.8 Å². The van der Waals surface area contributed by atoms with Gasteiger partial charge in [-0.3, -0.25) is 4.79 Å². The summed E-state index contributed by atoms with van der Waals surface area (Å²) in [6.07, 6.45) is 0.299. The van der Waals surface area contributed by atoms with Gasteiger partial charge in [0.15, 0.2) is 0 Å². The lowest BCUT2D eigenvalue weighted by molar-refractivity contribution is -0.118. The molecule has 1 aliphatic heterocycles. The van der Waals surface area contributed by atoms with Crippen LogP contribution in [0.5, 0.6) is 5.75 Å². The standard InChI is InChI=1S/C37H41Cl2F2N3O7/c1-36(2,3)20-30-37(21-42,25-10-9-23(38)19-27(25)40)31(24-6-5-7-26(39)32(24)41)33(44-30)34(46)43-28-11-8-22(18-29(28)48-4)35(47)51-17-16-50-15-14-49-13-12-45/h5-11,18-19,30-31,33,44-45H,12-17,20H2,1-4H3,(H,43,46)/t30-,31-,33+,37-/m0/s1. The Hall–Kier alpha value is -3.83. The molecule has 3 aromatic carbocycles. The normalized spacial score (nSPS) is 20.1. The number of carbonyl (C=O) groups is 2. The summed E-state index contributed by atoms with van der Waals surface area (Å²) < 4.78 is 53.1. The van der Waals surface area contributed by atoms with Crippen molar-refractivity contribution in [3.63, 3.8) is 0 Å². The zero-order valence-corrected chi connectivity index (χ0v) is 30.2. The molecule has 1 aliphatic rings. The molecule has 0 aliphatic carbocycles. The number of carbonyl (C=O) groups excluding carboxylic acids is 2. The monoisotopic (exact) mass is 747 g/mol. The third-order valence-electron chi connectivity index (χ3n) is 8.50. The topological polar surface area (TPSA) is 139 Å². The molecule has 0 aromatic heterocycles. The van der Waals surface area contributed by atoms with Gasteiger partial charge in [-0.1, -0.05) is 62.2 Å². The second kappa shape index (κ2) is 17.6. The predicted octanol–water partition coefficient (Wildman–Crippen LogP) is 6.42. The Labute approximate surface area is 305 Å². The minimum Gasteiger partial charge on any atom is -0.495 e. The molecule has 1 amide bonds. The molecule has 0 saturated carbocycles. The number of aliphatic hydroxyl groups is 1. The van der Waals surface area contributed by atoms with Crippen molar-refractivity contribution >= 4 is 40.8 Å². The van der Waals surface area contributed by atoms with Gasteiger partial charge in [-0.2, -0.15) is 5.26 Å². The average Bonchev–Trinajstić information content (AvgIpc) is 3.40. The van der Waals surface area contributed by atoms with Gasteiger partial charge in [0.2, 0.25) is 5.91 Å². The first-order valence-corrected chi connectivity index (χ1v) is 17.0. The fourth-order valence-electron chi connectivity index (χ4n) is 6.35. The molecular formula is C37H41Cl2F2N3O7. The molecule has 0 spiro atoms. The summed E-state index contributed by atoms with van der Waals surface area (Å²) >= 11 is 12.3. The SMILES string of the molecule is COc1cc(C(=O)OCCOCCOCCO)ccc1NC(=O)[C@@H]1N[C@@H](CC(C)(C)C)[C@](C#N)(c2ccc(Cl)cc2F)[C@H]1c1cccc(Cl)c1F. The quantitative estimate of drug-likeness (QED) is 0.119. The first-order valence-electron chi connectivity index (χ1n) is 16.3. The first kappa shape index (κ1) is 39.9. The number of nitrogens with one attached hydrogen (secondary N) is 2. The minimum absolute atomic E-state index is 0.0287. The highest BCUT2D eigenvalue weighted by Crippen LogP contribution is 2.53. The van der Waals surface area contributed by atoms with Gasteiger partial charge < -0.3 is 34.7 Å². The molecule has 4 atom stereocenters. The summed E-state index contributed by atoms with van der Waals surface area (Å²) in [5.41, 5.74) is -1.99. The molecule has 14 heteroatoms. The van der Waals surface area contributed by atoms with E-state index in [-0.39, 0.29) is 77.8 Å². The van der Waals surface area contributed by atoms with E-state index in [1.165, 1.54) is 55.6 Å². The van der Waals surface area contributed by atoms with Gasteiger partial charge >= 0.3 is 5.97 Å². The number of ether oxygens (including phenoxy) is 4. The van der Waals surface area contributed by atoms with E-state index < -0.39 is 52.3 Å². The van der Waals surface area contributed by atoms with Gasteiger partial charge in [-0.15, -0.1) is 0 Å². The molecule has 1 heterocycles. The van der Waals surface area contributed by atoms with Crippen LogP contribution in [0.2, 0.25) is 10.0 Å². The Kier molecular flexibility index (Phi) is 13.8. The average molecular weight is 749 g/mol. The molecule has 274 valence electrons. The highest BCUT2D eigenvalue weighted by Gasteiger charge is 2.61. The zero-order chi connectivity index (χ0) is 37.3. The van der Waals surface area contributed by atoms with E-state index in [2.05, 4.69) is 16.7 Å². The number of rotatable bonds is 15. The Morgan fingerprint density at radius 1 is 1.02 bits per heavy atom. The second-order valence-corrected chi connectivity index (χ2v) is 14.0. The van der Waals surface area contributed by atoms with Crippen LogP contribution in [0.15, 0.2) is 54.6 Å². The van der Waals surface area contributed by atoms with Crippen molar-refractivity contribution in [3.05, 3.63) is 93.0 Å². The summed E-state index contributed by atoms with van der Waals surface area (Å²) in [7, 11) is 1.36. The first-order chi connectivity index (χ1) is 24.3. The largest absolute Gasteiger partial charge is 0.495 e. The van der Waals surface area contributed by atoms with Gasteiger partial charge in [0, 0.05) is 22.5 Å². The van der Waals surface area contributed by atoms with Crippen LogP contribution in [0.1, 0.15) is 54.6 Å². The Bertz CT molecular complexity index is 1750. The maximum Gasteiger partial charge on any atom is 0.338 e. The van der Waals surface area contributed by atoms with Gasteiger partial charge in [-0.05, 0) is 53.8 Å². The summed E-state index contributed by atoms with van der Waals surface area (Å²) in [5, 5.41) is 25.7. The highest BCUT2D eigenvalue weighted by molar-refractivity contribution is 6.31. The lowest BCUT2D eigenvalue weighted by Crippen LogP contribution is -2.45. The van der Waals surface area contributed by atoms with Gasteiger partial charge in [0.05, 0.1) is 68.5 Å². The molecule has 51 heavy (non-hydrogen) atoms. The molecule has 0 unspecified atom stereocenters. The highest BCUT2D eigenvalue weighted by atomic mass is 35.5. The van der Waals surface area contributed by atoms with E-state index in [0.717, 1.165) is 6.07 Å². The molecule has 3 aromatic rings. The maximum atomic E-state index is 16.0. The van der Waals surface area contributed by atoms with Crippen molar-refractivity contribution in [3.8, 4) is 11.8 Å². The van der Waals surface area contributed by atoms with Crippen molar-refractivity contribution in [1.82, 2.24) is 5.32 Å². The smallest absolute Gasteiger partial charge is 0.338 e. The third-order valence-corrected chi connectivity index (χ3v) is 9.02. The van der Waals surface area contributed by atoms with Crippen molar-refractivity contribution in [2.45, 2.75) is 50.6 Å². The van der Waals surface area contributed by atoms with E-state index >= 15 is 8.78 Å². The minimum atomic E-state index is -1.80. The number of nitriles is 1. The van der Waals surface area contributed by atoms with Crippen LogP contribution in [-0.4, -0.2) is 75.8 Å². The molecule has 3 N–H and O–H groups in total. The van der Waals surface area contributed by atoms with Crippen molar-refractivity contribution in [2.75, 3.05) is 52.1 Å². The van der Waals surface area contributed by atoms with Crippen LogP contribution in [0.3, 0.4) is 0 Å². The number of hydrogen-bond acceptors (Lipinski definition) is 9. The summed E-state index contributed by atoms with van der Waals surface area (Å²) in [6.45, 7) is 6.60. The Morgan fingerprint density at radius 2 is 1.73 bits per heavy atom. The molecule has 1 fully saturated rings. The molecule has 0 radical (unpaired) electrons. The van der Waals surface area contributed by atoms with Crippen LogP contribution in [0.25, 0.3) is 0 Å². The number of methoxy groups -OCH3 is 1. The summed E-state index contributed by atoms with van der Waals surface area (Å²) in [4.78, 5) is 27.0. The van der Waals surface area contributed by atoms with Gasteiger partial charge in [-0.25, -0.2) is 13.6 Å². The molecule has 0 bridgehead atoms. The van der Waals surface area contributed by atoms with Crippen LogP contribution in [0, 0.1) is 28.4 Å². The fraction of sp³-hybridized carbons (Fsp3) is 0.432. The number of nitrogens with zero attached hydrogens (tertiary/aromatic N) is 1. The maximum absolute atomic E-state index is 16.0. The van der Waals surface area contributed by atoms with Crippen molar-refractivity contribution in [2.24, 2.45) is 5.41 Å². The van der Waals surface area contributed by atoms with Crippen LogP contribution in [0.4, 0.5) is 14.5 Å². The van der Waals surface area contributed by atoms with Gasteiger partial charge in [0.25, 0.3) is 0 Å². The number of hydrogen-bond donors (Lipinski definition) is 3. The molecule has 1 saturated heterocycles. The van der Waals surface area contributed by atoms with E-state index in [4.69, 9.17) is 47.3 Å². The lowest BCUT2D eigenvalue weighted by atomic mass is 9.62. The Morgan fingerprint density at radius 3 is 2.37 bits per heavy atom.